The van der Waals surface area contributed by atoms with Gasteiger partial charge in [0.15, 0.2) is 5.96 Å². The highest BCUT2D eigenvalue weighted by atomic mass is 127. The minimum atomic E-state index is 0. The summed E-state index contributed by atoms with van der Waals surface area (Å²) >= 11 is 0. The zero-order valence-electron chi connectivity index (χ0n) is 15.0. The van der Waals surface area contributed by atoms with E-state index in [1.807, 2.05) is 6.07 Å². The van der Waals surface area contributed by atoms with Crippen molar-refractivity contribution in [1.82, 2.24) is 26.0 Å². The number of nitrogens with one attached hydrogen (secondary N) is 3. The Labute approximate surface area is 166 Å². The molecule has 8 nitrogen and oxygen atoms in total. The van der Waals surface area contributed by atoms with Gasteiger partial charge >= 0.3 is 0 Å². The van der Waals surface area contributed by atoms with E-state index in [2.05, 4.69) is 37.9 Å². The van der Waals surface area contributed by atoms with Crippen LogP contribution in [-0.2, 0) is 11.3 Å². The highest BCUT2D eigenvalue weighted by Gasteiger charge is 2.21. The van der Waals surface area contributed by atoms with Crippen LogP contribution in [0.3, 0.4) is 0 Å². The molecule has 1 aromatic rings. The maximum Gasteiger partial charge on any atom is 0.234 e. The summed E-state index contributed by atoms with van der Waals surface area (Å²) in [6.45, 7) is 5.71. The van der Waals surface area contributed by atoms with E-state index in [1.54, 1.807) is 13.3 Å². The standard InChI is InChI=1S/C16H28N6O2.HI/c1-3-7-18-15(23)12-22-8-4-13(5-9-22)20-16(17-2)19-11-14-6-10-24-21-14;/h6,10,13H,3-5,7-9,11-12H2,1-2H3,(H,18,23)(H2,17,19,20);1H. The van der Waals surface area contributed by atoms with Crippen LogP contribution in [-0.4, -0.2) is 61.2 Å². The van der Waals surface area contributed by atoms with Gasteiger partial charge in [-0.1, -0.05) is 12.1 Å². The second-order valence-corrected chi connectivity index (χ2v) is 5.96. The number of guanidine groups is 1. The van der Waals surface area contributed by atoms with E-state index in [9.17, 15) is 4.79 Å². The van der Waals surface area contributed by atoms with E-state index in [-0.39, 0.29) is 29.9 Å². The van der Waals surface area contributed by atoms with Gasteiger partial charge < -0.3 is 20.5 Å². The maximum atomic E-state index is 11.8. The molecule has 0 aromatic carbocycles. The van der Waals surface area contributed by atoms with E-state index < -0.39 is 0 Å². The molecule has 142 valence electrons. The number of piperidine rings is 1. The van der Waals surface area contributed by atoms with E-state index >= 15 is 0 Å². The van der Waals surface area contributed by atoms with Crippen LogP contribution in [0.5, 0.6) is 0 Å². The lowest BCUT2D eigenvalue weighted by Gasteiger charge is -2.32. The fourth-order valence-electron chi connectivity index (χ4n) is 2.65. The van der Waals surface area contributed by atoms with Gasteiger partial charge in [0.25, 0.3) is 0 Å². The number of carbonyl (C=O) groups excluding carboxylic acids is 1. The summed E-state index contributed by atoms with van der Waals surface area (Å²) in [5.74, 6) is 0.880. The first-order chi connectivity index (χ1) is 11.7. The molecule has 0 aliphatic carbocycles. The Kier molecular flexibility index (Phi) is 10.5. The number of nitrogens with zero attached hydrogens (tertiary/aromatic N) is 3. The van der Waals surface area contributed by atoms with Crippen molar-refractivity contribution >= 4 is 35.8 Å². The Bertz CT molecular complexity index is 515. The Morgan fingerprint density at radius 1 is 1.40 bits per heavy atom. The third-order valence-electron chi connectivity index (χ3n) is 4.02. The van der Waals surface area contributed by atoms with E-state index in [4.69, 9.17) is 4.52 Å². The summed E-state index contributed by atoms with van der Waals surface area (Å²) in [5.41, 5.74) is 0.839. The number of likely N-dealkylation sites (tertiary alicyclic amines) is 1. The number of halogens is 1. The second kappa shape index (κ2) is 12.1. The van der Waals surface area contributed by atoms with Crippen LogP contribution < -0.4 is 16.0 Å². The minimum absolute atomic E-state index is 0. The predicted octanol–water partition coefficient (Wildman–Crippen LogP) is 0.948. The molecule has 1 amide bonds. The molecular weight excluding hydrogens is 435 g/mol. The topological polar surface area (TPSA) is 94.8 Å². The van der Waals surface area contributed by atoms with Crippen LogP contribution in [0.4, 0.5) is 0 Å². The van der Waals surface area contributed by atoms with Crippen LogP contribution in [0.2, 0.25) is 0 Å². The molecule has 0 atom stereocenters. The summed E-state index contributed by atoms with van der Waals surface area (Å²) in [5, 5.41) is 13.4. The average molecular weight is 464 g/mol. The highest BCUT2D eigenvalue weighted by Crippen LogP contribution is 2.09. The molecular formula is C16H29IN6O2. The fourth-order valence-corrected chi connectivity index (χ4v) is 2.65. The van der Waals surface area contributed by atoms with Crippen LogP contribution in [0.1, 0.15) is 31.9 Å². The molecule has 1 aromatic heterocycles. The quantitative estimate of drug-likeness (QED) is 0.316. The van der Waals surface area contributed by atoms with Crippen molar-refractivity contribution in [3.8, 4) is 0 Å². The molecule has 2 rings (SSSR count). The zero-order chi connectivity index (χ0) is 17.2. The lowest BCUT2D eigenvalue weighted by atomic mass is 10.1. The van der Waals surface area contributed by atoms with Gasteiger partial charge in [0.05, 0.1) is 13.1 Å². The van der Waals surface area contributed by atoms with Gasteiger partial charge in [0.1, 0.15) is 12.0 Å². The van der Waals surface area contributed by atoms with Crippen molar-refractivity contribution in [2.24, 2.45) is 4.99 Å². The number of amides is 1. The van der Waals surface area contributed by atoms with E-state index in [0.29, 0.717) is 19.1 Å². The molecule has 0 radical (unpaired) electrons. The molecule has 2 heterocycles. The van der Waals surface area contributed by atoms with Gasteiger partial charge in [-0.2, -0.15) is 0 Å². The lowest BCUT2D eigenvalue weighted by molar-refractivity contribution is -0.122. The Morgan fingerprint density at radius 3 is 2.76 bits per heavy atom. The predicted molar refractivity (Wildman–Crippen MR) is 108 cm³/mol. The number of aromatic nitrogens is 1. The minimum Gasteiger partial charge on any atom is -0.364 e. The van der Waals surface area contributed by atoms with Gasteiger partial charge in [-0.15, -0.1) is 24.0 Å². The Balaban J connectivity index is 0.00000312. The third kappa shape index (κ3) is 8.04. The van der Waals surface area contributed by atoms with Gasteiger partial charge in [-0.3, -0.25) is 14.7 Å². The van der Waals surface area contributed by atoms with Gasteiger partial charge in [-0.25, -0.2) is 0 Å². The molecule has 25 heavy (non-hydrogen) atoms. The first-order valence-corrected chi connectivity index (χ1v) is 8.56. The summed E-state index contributed by atoms with van der Waals surface area (Å²) in [6, 6.07) is 2.19. The molecule has 1 saturated heterocycles. The van der Waals surface area contributed by atoms with Crippen molar-refractivity contribution in [1.29, 1.82) is 0 Å². The third-order valence-corrected chi connectivity index (χ3v) is 4.02. The van der Waals surface area contributed by atoms with Crippen molar-refractivity contribution < 1.29 is 9.32 Å². The van der Waals surface area contributed by atoms with Crippen molar-refractivity contribution in [3.63, 3.8) is 0 Å². The first kappa shape index (κ1) is 21.7. The van der Waals surface area contributed by atoms with Gasteiger partial charge in [0, 0.05) is 38.8 Å². The average Bonchev–Trinajstić information content (AvgIpc) is 3.11. The van der Waals surface area contributed by atoms with Gasteiger partial charge in [0.2, 0.25) is 5.91 Å². The number of carbonyl (C=O) groups is 1. The first-order valence-electron chi connectivity index (χ1n) is 8.56. The molecule has 9 heteroatoms. The molecule has 1 aliphatic rings. The number of rotatable bonds is 7. The number of aliphatic imine (C=N–C) groups is 1. The van der Waals surface area contributed by atoms with Crippen molar-refractivity contribution in [2.45, 2.75) is 38.8 Å². The Hall–Kier alpha value is -1.36. The van der Waals surface area contributed by atoms with Crippen LogP contribution in [0.25, 0.3) is 0 Å². The van der Waals surface area contributed by atoms with Crippen LogP contribution in [0.15, 0.2) is 21.8 Å². The monoisotopic (exact) mass is 464 g/mol. The summed E-state index contributed by atoms with van der Waals surface area (Å²) in [6.07, 6.45) is 4.51. The molecule has 1 fully saturated rings. The van der Waals surface area contributed by atoms with Crippen molar-refractivity contribution in [3.05, 3.63) is 18.0 Å². The molecule has 0 saturated carbocycles. The molecule has 0 bridgehead atoms. The summed E-state index contributed by atoms with van der Waals surface area (Å²) < 4.78 is 4.81. The summed E-state index contributed by atoms with van der Waals surface area (Å²) in [7, 11) is 1.76. The maximum absolute atomic E-state index is 11.8. The van der Waals surface area contributed by atoms with Crippen LogP contribution >= 0.6 is 24.0 Å². The summed E-state index contributed by atoms with van der Waals surface area (Å²) in [4.78, 5) is 18.2. The fraction of sp³-hybridized carbons (Fsp3) is 0.688. The van der Waals surface area contributed by atoms with Gasteiger partial charge in [-0.05, 0) is 19.3 Å². The van der Waals surface area contributed by atoms with Crippen LogP contribution in [0, 0.1) is 0 Å². The second-order valence-electron chi connectivity index (χ2n) is 5.96. The van der Waals surface area contributed by atoms with E-state index in [1.165, 1.54) is 0 Å². The number of hydrogen-bond acceptors (Lipinski definition) is 5. The number of hydrogen-bond donors (Lipinski definition) is 3. The highest BCUT2D eigenvalue weighted by molar-refractivity contribution is 14.0. The smallest absolute Gasteiger partial charge is 0.234 e. The van der Waals surface area contributed by atoms with Crippen molar-refractivity contribution in [2.75, 3.05) is 33.2 Å². The SMILES string of the molecule is CCCNC(=O)CN1CCC(NC(=NC)NCc2ccon2)CC1.I. The molecule has 0 unspecified atom stereocenters. The largest absolute Gasteiger partial charge is 0.364 e. The zero-order valence-corrected chi connectivity index (χ0v) is 17.3. The van der Waals surface area contributed by atoms with E-state index in [0.717, 1.165) is 50.6 Å². The molecule has 0 spiro atoms. The normalized spacial score (nSPS) is 16.2. The lowest BCUT2D eigenvalue weighted by Crippen LogP contribution is -2.50. The molecule has 1 aliphatic heterocycles. The molecule has 3 N–H and O–H groups in total. The Morgan fingerprint density at radius 2 is 2.16 bits per heavy atom.